The Labute approximate surface area is 202 Å². The van der Waals surface area contributed by atoms with Crippen molar-refractivity contribution in [3.63, 3.8) is 0 Å². The highest BCUT2D eigenvalue weighted by Crippen LogP contribution is 2.44. The van der Waals surface area contributed by atoms with Gasteiger partial charge in [-0.3, -0.25) is 4.79 Å². The van der Waals surface area contributed by atoms with Crippen molar-refractivity contribution in [2.45, 2.75) is 36.9 Å². The number of alkyl carbamates (subject to hydrolysis) is 1. The summed E-state index contributed by atoms with van der Waals surface area (Å²) < 4.78 is 11.1. The predicted molar refractivity (Wildman–Crippen MR) is 129 cm³/mol. The van der Waals surface area contributed by atoms with E-state index in [0.29, 0.717) is 18.6 Å². The molecule has 2 aliphatic rings. The second-order valence-corrected chi connectivity index (χ2v) is 9.32. The summed E-state index contributed by atoms with van der Waals surface area (Å²) >= 11 is 1.50. The third-order valence-corrected chi connectivity index (χ3v) is 6.87. The summed E-state index contributed by atoms with van der Waals surface area (Å²) in [5.74, 6) is -1.11. The van der Waals surface area contributed by atoms with Crippen molar-refractivity contribution in [3.05, 3.63) is 59.7 Å². The van der Waals surface area contributed by atoms with E-state index in [1.807, 2.05) is 42.7 Å². The Morgan fingerprint density at radius 2 is 1.76 bits per heavy atom. The van der Waals surface area contributed by atoms with Crippen LogP contribution in [0.25, 0.3) is 11.1 Å². The lowest BCUT2D eigenvalue weighted by atomic mass is 9.98. The van der Waals surface area contributed by atoms with Gasteiger partial charge < -0.3 is 25.2 Å². The summed E-state index contributed by atoms with van der Waals surface area (Å²) in [6.45, 7) is 0.453. The Hall–Kier alpha value is -3.04. The lowest BCUT2D eigenvalue weighted by molar-refractivity contribution is -0.143. The number of ether oxygens (including phenoxy) is 2. The molecule has 1 fully saturated rings. The Bertz CT molecular complexity index is 1020. The Morgan fingerprint density at radius 1 is 1.12 bits per heavy atom. The van der Waals surface area contributed by atoms with Gasteiger partial charge in [0.05, 0.1) is 6.04 Å². The molecule has 0 spiro atoms. The molecule has 0 bridgehead atoms. The van der Waals surface area contributed by atoms with Gasteiger partial charge in [-0.2, -0.15) is 11.8 Å². The predicted octanol–water partition coefficient (Wildman–Crippen LogP) is 3.01. The molecule has 1 saturated heterocycles. The number of carboxylic acid groups (broad SMARTS) is 1. The normalized spacial score (nSPS) is 19.7. The van der Waals surface area contributed by atoms with E-state index >= 15 is 0 Å². The lowest BCUT2D eigenvalue weighted by Gasteiger charge is -2.22. The van der Waals surface area contributed by atoms with Crippen LogP contribution in [-0.2, 0) is 19.1 Å². The molecule has 34 heavy (non-hydrogen) atoms. The fraction of sp³-hybridized carbons (Fsp3) is 0.400. The average molecular weight is 485 g/mol. The maximum Gasteiger partial charge on any atom is 0.407 e. The Kier molecular flexibility index (Phi) is 7.74. The van der Waals surface area contributed by atoms with Crippen LogP contribution in [0, 0.1) is 0 Å². The van der Waals surface area contributed by atoms with E-state index in [9.17, 15) is 19.5 Å². The third kappa shape index (κ3) is 5.20. The number of rotatable bonds is 9. The highest BCUT2D eigenvalue weighted by atomic mass is 32.2. The molecule has 180 valence electrons. The summed E-state index contributed by atoms with van der Waals surface area (Å²) in [4.78, 5) is 36.7. The summed E-state index contributed by atoms with van der Waals surface area (Å²) in [6.07, 6.45) is 1.02. The van der Waals surface area contributed by atoms with Crippen molar-refractivity contribution in [1.29, 1.82) is 0 Å². The largest absolute Gasteiger partial charge is 0.480 e. The second kappa shape index (κ2) is 10.9. The van der Waals surface area contributed by atoms with Gasteiger partial charge >= 0.3 is 12.1 Å². The van der Waals surface area contributed by atoms with Crippen molar-refractivity contribution in [2.75, 3.05) is 25.2 Å². The van der Waals surface area contributed by atoms with Crippen molar-refractivity contribution >= 4 is 29.7 Å². The molecular formula is C25H28N2O6S. The van der Waals surface area contributed by atoms with E-state index in [2.05, 4.69) is 22.8 Å². The Balaban J connectivity index is 1.35. The first-order chi connectivity index (χ1) is 16.5. The number of hydrogen-bond acceptors (Lipinski definition) is 6. The molecule has 2 aromatic rings. The highest BCUT2D eigenvalue weighted by Gasteiger charge is 2.37. The van der Waals surface area contributed by atoms with Gasteiger partial charge in [-0.25, -0.2) is 9.59 Å². The third-order valence-electron chi connectivity index (χ3n) is 6.22. The van der Waals surface area contributed by atoms with Crippen LogP contribution < -0.4 is 10.6 Å². The number of fused-ring (bicyclic) bond motifs is 3. The van der Waals surface area contributed by atoms with Crippen LogP contribution in [-0.4, -0.2) is 66.5 Å². The quantitative estimate of drug-likeness (QED) is 0.501. The van der Waals surface area contributed by atoms with E-state index in [4.69, 9.17) is 9.47 Å². The molecule has 0 unspecified atom stereocenters. The minimum atomic E-state index is -1.10. The number of aliphatic carboxylic acids is 1. The molecule has 0 saturated carbocycles. The fourth-order valence-electron chi connectivity index (χ4n) is 4.53. The average Bonchev–Trinajstić information content (AvgIpc) is 3.42. The SMILES string of the molecule is CSCC[C@H](NC(=O)[C@@H]1OCC[C@@H]1NC(=O)OCC1c2ccccc2-c2ccccc21)C(=O)O. The number of benzene rings is 2. The number of carbonyl (C=O) groups is 3. The zero-order chi connectivity index (χ0) is 24.1. The molecule has 1 aliphatic heterocycles. The van der Waals surface area contributed by atoms with Crippen LogP contribution >= 0.6 is 11.8 Å². The summed E-state index contributed by atoms with van der Waals surface area (Å²) in [5, 5.41) is 14.6. The zero-order valence-corrected chi connectivity index (χ0v) is 19.7. The number of thioether (sulfide) groups is 1. The van der Waals surface area contributed by atoms with Gasteiger partial charge in [-0.05, 0) is 47.1 Å². The van der Waals surface area contributed by atoms with E-state index in [-0.39, 0.29) is 19.1 Å². The van der Waals surface area contributed by atoms with Gasteiger partial charge in [0.15, 0.2) is 6.10 Å². The minimum Gasteiger partial charge on any atom is -0.480 e. The molecular weight excluding hydrogens is 456 g/mol. The first-order valence-corrected chi connectivity index (χ1v) is 12.6. The number of hydrogen-bond donors (Lipinski definition) is 3. The highest BCUT2D eigenvalue weighted by molar-refractivity contribution is 7.98. The molecule has 9 heteroatoms. The van der Waals surface area contributed by atoms with E-state index < -0.39 is 36.2 Å². The molecule has 0 radical (unpaired) electrons. The minimum absolute atomic E-state index is 0.0650. The van der Waals surface area contributed by atoms with Gasteiger partial charge in [0.1, 0.15) is 12.6 Å². The van der Waals surface area contributed by atoms with Crippen LogP contribution in [0.5, 0.6) is 0 Å². The fourth-order valence-corrected chi connectivity index (χ4v) is 5.01. The molecule has 4 rings (SSSR count). The lowest BCUT2D eigenvalue weighted by Crippen LogP contribution is -2.52. The first-order valence-electron chi connectivity index (χ1n) is 11.2. The molecule has 2 aromatic carbocycles. The maximum absolute atomic E-state index is 12.7. The van der Waals surface area contributed by atoms with E-state index in [1.165, 1.54) is 11.8 Å². The molecule has 1 heterocycles. The topological polar surface area (TPSA) is 114 Å². The standard InChI is InChI=1S/C25H28N2O6S/c1-34-13-11-21(24(29)30)26-23(28)22-20(10-12-32-22)27-25(31)33-14-19-17-8-4-2-6-15(17)16-7-3-5-9-18(16)19/h2-9,19-22H,10-14H2,1H3,(H,26,28)(H,27,31)(H,29,30)/t20-,21-,22+/m0/s1. The van der Waals surface area contributed by atoms with Gasteiger partial charge in [-0.15, -0.1) is 0 Å². The Morgan fingerprint density at radius 3 is 2.38 bits per heavy atom. The van der Waals surface area contributed by atoms with E-state index in [0.717, 1.165) is 22.3 Å². The summed E-state index contributed by atoms with van der Waals surface area (Å²) in [7, 11) is 0. The van der Waals surface area contributed by atoms with Crippen LogP contribution in [0.3, 0.4) is 0 Å². The molecule has 3 atom stereocenters. The van der Waals surface area contributed by atoms with E-state index in [1.54, 1.807) is 0 Å². The van der Waals surface area contributed by atoms with Crippen LogP contribution in [0.1, 0.15) is 29.9 Å². The van der Waals surface area contributed by atoms with Crippen molar-refractivity contribution in [3.8, 4) is 11.1 Å². The van der Waals surface area contributed by atoms with Crippen molar-refractivity contribution < 1.29 is 29.0 Å². The summed E-state index contributed by atoms with van der Waals surface area (Å²) in [5.41, 5.74) is 4.51. The van der Waals surface area contributed by atoms with Gasteiger partial charge in [0.2, 0.25) is 0 Å². The van der Waals surface area contributed by atoms with Crippen molar-refractivity contribution in [1.82, 2.24) is 10.6 Å². The molecule has 3 N–H and O–H groups in total. The summed E-state index contributed by atoms with van der Waals surface area (Å²) in [6, 6.07) is 14.6. The second-order valence-electron chi connectivity index (χ2n) is 8.34. The van der Waals surface area contributed by atoms with Gasteiger partial charge in [0, 0.05) is 12.5 Å². The number of carboxylic acids is 1. The van der Waals surface area contributed by atoms with Gasteiger partial charge in [-0.1, -0.05) is 48.5 Å². The molecule has 1 aliphatic carbocycles. The van der Waals surface area contributed by atoms with Crippen LogP contribution in [0.2, 0.25) is 0 Å². The number of carbonyl (C=O) groups excluding carboxylic acids is 2. The molecule has 8 nitrogen and oxygen atoms in total. The maximum atomic E-state index is 12.7. The van der Waals surface area contributed by atoms with Crippen LogP contribution in [0.4, 0.5) is 4.79 Å². The molecule has 2 amide bonds. The monoisotopic (exact) mass is 484 g/mol. The van der Waals surface area contributed by atoms with Gasteiger partial charge in [0.25, 0.3) is 5.91 Å². The smallest absolute Gasteiger partial charge is 0.407 e. The molecule has 0 aromatic heterocycles. The van der Waals surface area contributed by atoms with Crippen molar-refractivity contribution in [2.24, 2.45) is 0 Å². The van der Waals surface area contributed by atoms with Crippen LogP contribution in [0.15, 0.2) is 48.5 Å². The zero-order valence-electron chi connectivity index (χ0n) is 18.9. The first kappa shape index (κ1) is 24.1. The number of nitrogens with one attached hydrogen (secondary N) is 2. The number of amides is 2.